The number of amides is 3. The van der Waals surface area contributed by atoms with Crippen LogP contribution in [0.15, 0.2) is 47.8 Å². The average Bonchev–Trinajstić information content (AvgIpc) is 3.82. The highest BCUT2D eigenvalue weighted by Gasteiger charge is 2.32. The van der Waals surface area contributed by atoms with Crippen molar-refractivity contribution in [2.75, 3.05) is 61.9 Å². The Kier molecular flexibility index (Phi) is 9.00. The first-order valence-corrected chi connectivity index (χ1v) is 18.4. The predicted octanol–water partition coefficient (Wildman–Crippen LogP) is 2.74. The molecule has 1 saturated carbocycles. The van der Waals surface area contributed by atoms with Gasteiger partial charge in [-0.2, -0.15) is 10.2 Å². The van der Waals surface area contributed by atoms with Crippen LogP contribution >= 0.6 is 0 Å². The van der Waals surface area contributed by atoms with E-state index >= 15 is 0 Å². The van der Waals surface area contributed by atoms with Crippen LogP contribution in [0.4, 0.5) is 17.1 Å². The van der Waals surface area contributed by atoms with Gasteiger partial charge in [0.1, 0.15) is 11.6 Å². The van der Waals surface area contributed by atoms with Crippen molar-refractivity contribution >= 4 is 51.5 Å². The molecule has 278 valence electrons. The van der Waals surface area contributed by atoms with Crippen molar-refractivity contribution in [2.24, 2.45) is 13.0 Å². The summed E-state index contributed by atoms with van der Waals surface area (Å²) in [5, 5.41) is 14.5. The number of anilines is 3. The molecule has 6 heterocycles. The monoisotopic (exact) mass is 722 g/mol. The lowest BCUT2D eigenvalue weighted by Crippen LogP contribution is -2.48. The molecule has 16 nitrogen and oxygen atoms in total. The molecule has 4 aromatic heterocycles. The molecule has 0 spiro atoms. The van der Waals surface area contributed by atoms with Gasteiger partial charge in [-0.1, -0.05) is 0 Å². The Morgan fingerprint density at radius 1 is 0.981 bits per heavy atom. The van der Waals surface area contributed by atoms with Gasteiger partial charge >= 0.3 is 5.69 Å². The van der Waals surface area contributed by atoms with Crippen molar-refractivity contribution in [3.8, 4) is 0 Å². The fraction of sp³-hybridized carbons (Fsp3) is 0.486. The molecule has 1 unspecified atom stereocenters. The van der Waals surface area contributed by atoms with Crippen molar-refractivity contribution in [1.29, 1.82) is 0 Å². The first kappa shape index (κ1) is 34.6. The maximum Gasteiger partial charge on any atom is 0.329 e. The number of imide groups is 1. The summed E-state index contributed by atoms with van der Waals surface area (Å²) in [4.78, 5) is 62.0. The van der Waals surface area contributed by atoms with Crippen LogP contribution in [0.2, 0.25) is 0 Å². The maximum absolute atomic E-state index is 13.2. The molecular formula is C37H46N12O4. The van der Waals surface area contributed by atoms with E-state index in [-0.39, 0.29) is 23.9 Å². The zero-order valence-corrected chi connectivity index (χ0v) is 30.7. The molecule has 3 fully saturated rings. The van der Waals surface area contributed by atoms with Crippen LogP contribution in [0.1, 0.15) is 66.7 Å². The lowest BCUT2D eigenvalue weighted by Gasteiger charge is -2.39. The quantitative estimate of drug-likeness (QED) is 0.228. The summed E-state index contributed by atoms with van der Waals surface area (Å²) < 4.78 is 6.78. The summed E-state index contributed by atoms with van der Waals surface area (Å²) in [6.07, 6.45) is 12.0. The molecule has 5 aromatic rings. The molecule has 3 aliphatic rings. The minimum Gasteiger partial charge on any atom is -0.375 e. The number of aryl methyl sites for hydroxylation is 2. The number of hydrogen-bond acceptors (Lipinski definition) is 10. The zero-order valence-electron chi connectivity index (χ0n) is 30.7. The largest absolute Gasteiger partial charge is 0.375 e. The van der Waals surface area contributed by atoms with Gasteiger partial charge in [0.2, 0.25) is 11.8 Å². The molecule has 1 aromatic carbocycles. The highest BCUT2D eigenvalue weighted by Crippen LogP contribution is 2.34. The topological polar surface area (TPSA) is 160 Å². The normalized spacial score (nSPS) is 21.4. The van der Waals surface area contributed by atoms with E-state index in [0.717, 1.165) is 81.0 Å². The second-order valence-electron chi connectivity index (χ2n) is 14.9. The molecule has 3 amide bonds. The Hall–Kier alpha value is -5.51. The number of rotatable bonds is 8. The first-order valence-electron chi connectivity index (χ1n) is 18.4. The minimum atomic E-state index is -0.687. The smallest absolute Gasteiger partial charge is 0.329 e. The summed E-state index contributed by atoms with van der Waals surface area (Å²) in [5.74, 6) is -0.349. The Morgan fingerprint density at radius 3 is 2.49 bits per heavy atom. The van der Waals surface area contributed by atoms with E-state index < -0.39 is 11.9 Å². The number of imidazole rings is 1. The summed E-state index contributed by atoms with van der Waals surface area (Å²) in [6.45, 7) is 6.72. The summed E-state index contributed by atoms with van der Waals surface area (Å²) >= 11 is 0. The molecule has 8 rings (SSSR count). The number of carbonyl (C=O) groups is 3. The number of piperazine rings is 1. The molecule has 16 heteroatoms. The molecule has 1 atom stereocenters. The van der Waals surface area contributed by atoms with E-state index in [9.17, 15) is 19.2 Å². The van der Waals surface area contributed by atoms with E-state index in [1.165, 1.54) is 4.57 Å². The zero-order chi connectivity index (χ0) is 37.0. The second kappa shape index (κ2) is 13.8. The molecule has 53 heavy (non-hydrogen) atoms. The highest BCUT2D eigenvalue weighted by atomic mass is 16.2. The van der Waals surface area contributed by atoms with Crippen molar-refractivity contribution in [1.82, 2.24) is 43.7 Å². The highest BCUT2D eigenvalue weighted by molar-refractivity contribution is 6.08. The van der Waals surface area contributed by atoms with Crippen molar-refractivity contribution < 1.29 is 14.4 Å². The third kappa shape index (κ3) is 6.55. The number of carbonyl (C=O) groups excluding carboxylic acids is 3. The van der Waals surface area contributed by atoms with Crippen molar-refractivity contribution in [3.63, 3.8) is 0 Å². The van der Waals surface area contributed by atoms with Gasteiger partial charge in [0.05, 0.1) is 52.7 Å². The molecule has 0 bridgehead atoms. The Bertz CT molecular complexity index is 2270. The fourth-order valence-corrected chi connectivity index (χ4v) is 8.16. The van der Waals surface area contributed by atoms with Gasteiger partial charge in [0.25, 0.3) is 5.91 Å². The number of piperidine rings is 1. The second-order valence-corrected chi connectivity index (χ2v) is 14.9. The Labute approximate surface area is 306 Å². The number of hydrogen-bond donors (Lipinski definition) is 2. The van der Waals surface area contributed by atoms with E-state index in [0.29, 0.717) is 40.8 Å². The van der Waals surface area contributed by atoms with Gasteiger partial charge in [-0.25, -0.2) is 14.3 Å². The SMILES string of the molecule is Cc1nn(C2CCC(CN3CCN(c4ccc5c(c4)n(C)c(=O)n5C4CCC(=O)NC4=O)CC3)CC2)cc1NC(=O)c1cnn2cc(N(C)C)cnc12. The minimum absolute atomic E-state index is 0.220. The van der Waals surface area contributed by atoms with Gasteiger partial charge in [-0.15, -0.1) is 0 Å². The van der Waals surface area contributed by atoms with Gasteiger partial charge in [-0.05, 0) is 63.1 Å². The predicted molar refractivity (Wildman–Crippen MR) is 200 cm³/mol. The van der Waals surface area contributed by atoms with E-state index in [4.69, 9.17) is 5.10 Å². The Morgan fingerprint density at radius 2 is 1.75 bits per heavy atom. The number of fused-ring (bicyclic) bond motifs is 2. The lowest BCUT2D eigenvalue weighted by atomic mass is 9.85. The van der Waals surface area contributed by atoms with Crippen LogP contribution in [0, 0.1) is 12.8 Å². The van der Waals surface area contributed by atoms with Crippen LogP contribution in [0.5, 0.6) is 0 Å². The van der Waals surface area contributed by atoms with Crippen molar-refractivity contribution in [2.45, 2.75) is 57.5 Å². The standard InChI is InChI=1S/C37H46N12O4/c1-23-29(40-35(51)28-19-39-48-21-27(43(2)3)18-38-34(28)48)22-47(42-23)25-7-5-24(6-8-25)20-45-13-15-46(16-14-45)26-9-10-30-32(17-26)44(4)37(53)49(30)31-11-12-33(50)41-36(31)52/h9-10,17-19,21-22,24-25,31H,5-8,11-16,20H2,1-4H3,(H,40,51)(H,41,50,52). The number of aromatic nitrogens is 7. The van der Waals surface area contributed by atoms with Gasteiger partial charge in [-0.3, -0.25) is 38.4 Å². The first-order chi connectivity index (χ1) is 25.5. The van der Waals surface area contributed by atoms with Crippen molar-refractivity contribution in [3.05, 3.63) is 64.7 Å². The lowest BCUT2D eigenvalue weighted by molar-refractivity contribution is -0.135. The molecular weight excluding hydrogens is 676 g/mol. The van der Waals surface area contributed by atoms with Crippen LogP contribution in [0.3, 0.4) is 0 Å². The van der Waals surface area contributed by atoms with E-state index in [1.807, 2.05) is 61.2 Å². The molecule has 2 aliphatic heterocycles. The Balaban J connectivity index is 0.837. The van der Waals surface area contributed by atoms with Crippen LogP contribution in [-0.2, 0) is 16.6 Å². The third-order valence-electron chi connectivity index (χ3n) is 11.3. The number of nitrogens with zero attached hydrogens (tertiary/aromatic N) is 10. The van der Waals surface area contributed by atoms with E-state index in [2.05, 4.69) is 30.5 Å². The summed E-state index contributed by atoms with van der Waals surface area (Å²) in [7, 11) is 5.60. The van der Waals surface area contributed by atoms with Crippen LogP contribution in [-0.4, -0.2) is 103 Å². The summed E-state index contributed by atoms with van der Waals surface area (Å²) in [6, 6.07) is 5.62. The third-order valence-corrected chi connectivity index (χ3v) is 11.3. The van der Waals surface area contributed by atoms with Crippen LogP contribution in [0.25, 0.3) is 16.7 Å². The van der Waals surface area contributed by atoms with Crippen LogP contribution < -0.4 is 26.1 Å². The molecule has 1 aliphatic carbocycles. The van der Waals surface area contributed by atoms with Gasteiger partial charge < -0.3 is 15.1 Å². The molecule has 0 radical (unpaired) electrons. The number of nitrogens with one attached hydrogen (secondary N) is 2. The average molecular weight is 723 g/mol. The fourth-order valence-electron chi connectivity index (χ4n) is 8.16. The van der Waals surface area contributed by atoms with E-state index in [1.54, 1.807) is 28.5 Å². The molecule has 2 N–H and O–H groups in total. The molecule has 2 saturated heterocycles. The maximum atomic E-state index is 13.2. The number of benzene rings is 1. The van der Waals surface area contributed by atoms with Gasteiger partial charge in [0.15, 0.2) is 5.65 Å². The van der Waals surface area contributed by atoms with Gasteiger partial charge in [0, 0.05) is 72.2 Å². The summed E-state index contributed by atoms with van der Waals surface area (Å²) in [5.41, 5.74) is 5.59.